The summed E-state index contributed by atoms with van der Waals surface area (Å²) in [5.41, 5.74) is 2.47. The second kappa shape index (κ2) is 11.9. The first kappa shape index (κ1) is 24.8. The highest BCUT2D eigenvalue weighted by Crippen LogP contribution is 2.23. The van der Waals surface area contributed by atoms with Gasteiger partial charge in [-0.15, -0.1) is 0 Å². The zero-order chi connectivity index (χ0) is 23.8. The van der Waals surface area contributed by atoms with Crippen LogP contribution < -0.4 is 5.32 Å². The molecule has 0 aliphatic rings. The van der Waals surface area contributed by atoms with Gasteiger partial charge in [-0.2, -0.15) is 0 Å². The van der Waals surface area contributed by atoms with Crippen LogP contribution in [0.5, 0.6) is 0 Å². The van der Waals surface area contributed by atoms with Gasteiger partial charge in [0.25, 0.3) is 0 Å². The van der Waals surface area contributed by atoms with Gasteiger partial charge >= 0.3 is 0 Å². The van der Waals surface area contributed by atoms with Crippen LogP contribution in [0.15, 0.2) is 78.9 Å². The fraction of sp³-hybridized carbons (Fsp3) is 0.259. The first-order valence-electron chi connectivity index (χ1n) is 11.0. The van der Waals surface area contributed by atoms with E-state index in [-0.39, 0.29) is 30.8 Å². The number of carbonyl (C=O) groups excluding carboxylic acids is 2. The molecule has 6 heteroatoms. The smallest absolute Gasteiger partial charge is 0.243 e. The summed E-state index contributed by atoms with van der Waals surface area (Å²) in [5.74, 6) is -0.392. The van der Waals surface area contributed by atoms with Crippen LogP contribution in [0.2, 0.25) is 10.0 Å². The molecule has 1 atom stereocenters. The maximum atomic E-state index is 13.6. The van der Waals surface area contributed by atoms with Crippen molar-refractivity contribution in [3.63, 3.8) is 0 Å². The third-order valence-electron chi connectivity index (χ3n) is 5.30. The number of rotatable bonds is 9. The highest BCUT2D eigenvalue weighted by molar-refractivity contribution is 6.31. The molecule has 0 saturated heterocycles. The van der Waals surface area contributed by atoms with E-state index in [1.54, 1.807) is 17.0 Å². The molecule has 0 fully saturated rings. The van der Waals surface area contributed by atoms with Crippen LogP contribution in [0.4, 0.5) is 0 Å². The fourth-order valence-electron chi connectivity index (χ4n) is 3.65. The molecule has 33 heavy (non-hydrogen) atoms. The minimum absolute atomic E-state index is 0.0587. The Hall–Kier alpha value is -2.82. The van der Waals surface area contributed by atoms with Crippen LogP contribution in [0.1, 0.15) is 30.5 Å². The highest BCUT2D eigenvalue weighted by Gasteiger charge is 2.31. The molecule has 1 unspecified atom stereocenters. The SMILES string of the molecule is CC(C)NC(=O)C(Cc1ccccc1)N(Cc1ccccc1Cl)C(=O)Cc1ccccc1Cl. The van der Waals surface area contributed by atoms with Crippen LogP contribution >= 0.6 is 23.2 Å². The molecule has 0 saturated carbocycles. The monoisotopic (exact) mass is 482 g/mol. The van der Waals surface area contributed by atoms with E-state index in [2.05, 4.69) is 5.32 Å². The van der Waals surface area contributed by atoms with E-state index < -0.39 is 6.04 Å². The van der Waals surface area contributed by atoms with E-state index in [4.69, 9.17) is 23.2 Å². The van der Waals surface area contributed by atoms with Crippen molar-refractivity contribution in [3.8, 4) is 0 Å². The topological polar surface area (TPSA) is 49.4 Å². The average Bonchev–Trinajstić information content (AvgIpc) is 2.79. The van der Waals surface area contributed by atoms with Gasteiger partial charge < -0.3 is 10.2 Å². The number of hydrogen-bond acceptors (Lipinski definition) is 2. The van der Waals surface area contributed by atoms with E-state index >= 15 is 0 Å². The molecule has 0 aromatic heterocycles. The van der Waals surface area contributed by atoms with E-state index in [1.165, 1.54) is 0 Å². The standard InChI is InChI=1S/C27H28Cl2N2O2/c1-19(2)30-27(33)25(16-20-10-4-3-5-11-20)31(18-22-13-7-9-15-24(22)29)26(32)17-21-12-6-8-14-23(21)28/h3-15,19,25H,16-18H2,1-2H3,(H,30,33). The zero-order valence-electron chi connectivity index (χ0n) is 18.8. The number of nitrogens with zero attached hydrogens (tertiary/aromatic N) is 1. The maximum Gasteiger partial charge on any atom is 0.243 e. The number of carbonyl (C=O) groups is 2. The first-order valence-corrected chi connectivity index (χ1v) is 11.7. The van der Waals surface area contributed by atoms with Crippen molar-refractivity contribution in [3.05, 3.63) is 106 Å². The second-order valence-electron chi connectivity index (χ2n) is 8.25. The van der Waals surface area contributed by atoms with Gasteiger partial charge in [0.1, 0.15) is 6.04 Å². The minimum Gasteiger partial charge on any atom is -0.352 e. The predicted molar refractivity (Wildman–Crippen MR) is 134 cm³/mol. The molecular weight excluding hydrogens is 455 g/mol. The molecular formula is C27H28Cl2N2O2. The van der Waals surface area contributed by atoms with Crippen molar-refractivity contribution in [1.29, 1.82) is 0 Å². The van der Waals surface area contributed by atoms with Crippen LogP contribution in [-0.4, -0.2) is 28.8 Å². The van der Waals surface area contributed by atoms with Crippen molar-refractivity contribution < 1.29 is 9.59 Å². The molecule has 0 bridgehead atoms. The Morgan fingerprint density at radius 1 is 0.818 bits per heavy atom. The number of nitrogens with one attached hydrogen (secondary N) is 1. The van der Waals surface area contributed by atoms with Crippen molar-refractivity contribution in [2.24, 2.45) is 0 Å². The summed E-state index contributed by atoms with van der Waals surface area (Å²) in [6.45, 7) is 4.02. The normalized spacial score (nSPS) is 11.8. The molecule has 3 aromatic carbocycles. The lowest BCUT2D eigenvalue weighted by molar-refractivity contribution is -0.141. The quantitative estimate of drug-likeness (QED) is 0.425. The Kier molecular flexibility index (Phi) is 8.93. The first-order chi connectivity index (χ1) is 15.8. The van der Waals surface area contributed by atoms with Crippen LogP contribution in [0.25, 0.3) is 0 Å². The Bertz CT molecular complexity index is 1090. The van der Waals surface area contributed by atoms with Gasteiger partial charge in [0.05, 0.1) is 6.42 Å². The van der Waals surface area contributed by atoms with E-state index in [1.807, 2.05) is 80.6 Å². The lowest BCUT2D eigenvalue weighted by atomic mass is 10.0. The Morgan fingerprint density at radius 3 is 1.94 bits per heavy atom. The van der Waals surface area contributed by atoms with Crippen LogP contribution in [0, 0.1) is 0 Å². The molecule has 1 N–H and O–H groups in total. The predicted octanol–water partition coefficient (Wildman–Crippen LogP) is 5.70. The summed E-state index contributed by atoms with van der Waals surface area (Å²) in [4.78, 5) is 28.6. The summed E-state index contributed by atoms with van der Waals surface area (Å²) >= 11 is 12.8. The summed E-state index contributed by atoms with van der Waals surface area (Å²) in [6, 6.07) is 23.6. The fourth-order valence-corrected chi connectivity index (χ4v) is 4.05. The van der Waals surface area contributed by atoms with Crippen molar-refractivity contribution in [2.75, 3.05) is 0 Å². The van der Waals surface area contributed by atoms with Crippen molar-refractivity contribution in [2.45, 2.75) is 45.3 Å². The highest BCUT2D eigenvalue weighted by atomic mass is 35.5. The Balaban J connectivity index is 1.99. The number of hydrogen-bond donors (Lipinski definition) is 1. The van der Waals surface area contributed by atoms with Gasteiger partial charge in [-0.25, -0.2) is 0 Å². The zero-order valence-corrected chi connectivity index (χ0v) is 20.3. The van der Waals surface area contributed by atoms with E-state index in [0.717, 1.165) is 16.7 Å². The van der Waals surface area contributed by atoms with Gasteiger partial charge in [0, 0.05) is 29.1 Å². The molecule has 2 amide bonds. The van der Waals surface area contributed by atoms with Crippen molar-refractivity contribution >= 4 is 35.0 Å². The van der Waals surface area contributed by atoms with Gasteiger partial charge in [-0.1, -0.05) is 89.9 Å². The summed E-state index contributed by atoms with van der Waals surface area (Å²) in [5, 5.41) is 4.06. The maximum absolute atomic E-state index is 13.6. The lowest BCUT2D eigenvalue weighted by Gasteiger charge is -2.32. The van der Waals surface area contributed by atoms with Crippen molar-refractivity contribution in [1.82, 2.24) is 10.2 Å². The molecule has 0 spiro atoms. The van der Waals surface area contributed by atoms with E-state index in [0.29, 0.717) is 16.5 Å². The number of benzene rings is 3. The molecule has 0 heterocycles. The molecule has 3 aromatic rings. The largest absolute Gasteiger partial charge is 0.352 e. The molecule has 0 radical (unpaired) electrons. The third kappa shape index (κ3) is 7.08. The second-order valence-corrected chi connectivity index (χ2v) is 9.06. The molecule has 0 aliphatic heterocycles. The minimum atomic E-state index is -0.707. The summed E-state index contributed by atoms with van der Waals surface area (Å²) < 4.78 is 0. The van der Waals surface area contributed by atoms with Crippen LogP contribution in [0.3, 0.4) is 0 Å². The molecule has 0 aliphatic carbocycles. The van der Waals surface area contributed by atoms with Gasteiger partial charge in [-0.3, -0.25) is 9.59 Å². The average molecular weight is 483 g/mol. The van der Waals surface area contributed by atoms with E-state index in [9.17, 15) is 9.59 Å². The number of halogens is 2. The number of amides is 2. The Labute approximate surface area is 205 Å². The molecule has 172 valence electrons. The summed E-state index contributed by atoms with van der Waals surface area (Å²) in [6.07, 6.45) is 0.475. The van der Waals surface area contributed by atoms with Gasteiger partial charge in [0.2, 0.25) is 11.8 Å². The molecule has 3 rings (SSSR count). The van der Waals surface area contributed by atoms with Gasteiger partial charge in [-0.05, 0) is 42.7 Å². The Morgan fingerprint density at radius 2 is 1.36 bits per heavy atom. The third-order valence-corrected chi connectivity index (χ3v) is 6.04. The molecule has 4 nitrogen and oxygen atoms in total. The van der Waals surface area contributed by atoms with Gasteiger partial charge in [0.15, 0.2) is 0 Å². The lowest BCUT2D eigenvalue weighted by Crippen LogP contribution is -2.52. The summed E-state index contributed by atoms with van der Waals surface area (Å²) in [7, 11) is 0. The van der Waals surface area contributed by atoms with Crippen LogP contribution in [-0.2, 0) is 29.0 Å².